The lowest BCUT2D eigenvalue weighted by atomic mass is 10.2. The molecule has 1 aromatic carbocycles. The van der Waals surface area contributed by atoms with Gasteiger partial charge in [0.15, 0.2) is 0 Å². The third-order valence-electron chi connectivity index (χ3n) is 3.01. The molecule has 100 valence electrons. The third-order valence-corrected chi connectivity index (χ3v) is 3.50. The maximum atomic E-state index is 5.80. The summed E-state index contributed by atoms with van der Waals surface area (Å²) in [4.78, 5) is 2.35. The summed E-state index contributed by atoms with van der Waals surface area (Å²) in [5.41, 5.74) is 6.74. The number of halogens is 1. The Morgan fingerprint density at radius 2 is 2.11 bits per heavy atom. The lowest BCUT2D eigenvalue weighted by molar-refractivity contribution is 0.0322. The maximum Gasteiger partial charge on any atom is 0.123 e. The van der Waals surface area contributed by atoms with Gasteiger partial charge in [-0.05, 0) is 18.2 Å². The van der Waals surface area contributed by atoms with Gasteiger partial charge in [-0.25, -0.2) is 0 Å². The van der Waals surface area contributed by atoms with E-state index in [0.717, 1.165) is 48.6 Å². The fourth-order valence-corrected chi connectivity index (χ4v) is 2.37. The molecule has 0 unspecified atom stereocenters. The van der Waals surface area contributed by atoms with Crippen molar-refractivity contribution in [3.05, 3.63) is 28.2 Å². The van der Waals surface area contributed by atoms with Crippen molar-refractivity contribution >= 4 is 15.9 Å². The Hall–Kier alpha value is -0.620. The van der Waals surface area contributed by atoms with Gasteiger partial charge in [0.2, 0.25) is 0 Å². The molecule has 0 saturated carbocycles. The number of hydrogen-bond acceptors (Lipinski definition) is 4. The highest BCUT2D eigenvalue weighted by Crippen LogP contribution is 2.22. The van der Waals surface area contributed by atoms with Crippen LogP contribution in [0, 0.1) is 0 Å². The molecule has 0 aromatic heterocycles. The van der Waals surface area contributed by atoms with Crippen LogP contribution in [0.25, 0.3) is 0 Å². The molecule has 2 N–H and O–H groups in total. The minimum atomic E-state index is 0.492. The first kappa shape index (κ1) is 13.8. The average molecular weight is 315 g/mol. The highest BCUT2D eigenvalue weighted by molar-refractivity contribution is 9.10. The van der Waals surface area contributed by atoms with Crippen molar-refractivity contribution in [1.29, 1.82) is 0 Å². The minimum absolute atomic E-state index is 0.492. The summed E-state index contributed by atoms with van der Waals surface area (Å²) in [6.07, 6.45) is 0. The predicted molar refractivity (Wildman–Crippen MR) is 74.8 cm³/mol. The molecule has 1 saturated heterocycles. The third kappa shape index (κ3) is 3.95. The Labute approximate surface area is 116 Å². The van der Waals surface area contributed by atoms with Crippen molar-refractivity contribution in [2.75, 3.05) is 39.5 Å². The SMILES string of the molecule is NCc1cc(Br)ccc1OCCN1CCOCC1. The number of nitrogens with two attached hydrogens (primary N) is 1. The minimum Gasteiger partial charge on any atom is -0.492 e. The fourth-order valence-electron chi connectivity index (χ4n) is 1.96. The van der Waals surface area contributed by atoms with Crippen molar-refractivity contribution < 1.29 is 9.47 Å². The second kappa shape index (κ2) is 7.09. The van der Waals surface area contributed by atoms with Crippen molar-refractivity contribution in [2.24, 2.45) is 5.73 Å². The van der Waals surface area contributed by atoms with Crippen molar-refractivity contribution in [2.45, 2.75) is 6.54 Å². The van der Waals surface area contributed by atoms with Gasteiger partial charge in [-0.2, -0.15) is 0 Å². The van der Waals surface area contributed by atoms with Crippen LogP contribution in [0.3, 0.4) is 0 Å². The van der Waals surface area contributed by atoms with Gasteiger partial charge >= 0.3 is 0 Å². The molecule has 0 bridgehead atoms. The summed E-state index contributed by atoms with van der Waals surface area (Å²) < 4.78 is 12.1. The molecule has 4 nitrogen and oxygen atoms in total. The highest BCUT2D eigenvalue weighted by Gasteiger charge is 2.10. The average Bonchev–Trinajstić information content (AvgIpc) is 2.41. The van der Waals surface area contributed by atoms with E-state index in [0.29, 0.717) is 13.2 Å². The molecule has 1 aliphatic heterocycles. The highest BCUT2D eigenvalue weighted by atomic mass is 79.9. The molecular formula is C13H19BrN2O2. The zero-order chi connectivity index (χ0) is 12.8. The monoisotopic (exact) mass is 314 g/mol. The van der Waals surface area contributed by atoms with Gasteiger partial charge in [-0.3, -0.25) is 4.90 Å². The van der Waals surface area contributed by atoms with E-state index in [4.69, 9.17) is 15.2 Å². The Morgan fingerprint density at radius 3 is 2.83 bits per heavy atom. The van der Waals surface area contributed by atoms with Crippen molar-refractivity contribution in [3.63, 3.8) is 0 Å². The molecule has 1 aliphatic rings. The van der Waals surface area contributed by atoms with E-state index >= 15 is 0 Å². The van der Waals surface area contributed by atoms with Crippen LogP contribution >= 0.6 is 15.9 Å². The zero-order valence-electron chi connectivity index (χ0n) is 10.4. The van der Waals surface area contributed by atoms with Crippen molar-refractivity contribution in [3.8, 4) is 5.75 Å². The van der Waals surface area contributed by atoms with Crippen molar-refractivity contribution in [1.82, 2.24) is 4.90 Å². The summed E-state index contributed by atoms with van der Waals surface area (Å²) >= 11 is 3.43. The van der Waals surface area contributed by atoms with Gasteiger partial charge in [0.05, 0.1) is 13.2 Å². The summed E-state index contributed by atoms with van der Waals surface area (Å²) in [7, 11) is 0. The Balaban J connectivity index is 1.82. The largest absolute Gasteiger partial charge is 0.492 e. The summed E-state index contributed by atoms with van der Waals surface area (Å²) in [5.74, 6) is 0.883. The lowest BCUT2D eigenvalue weighted by Crippen LogP contribution is -2.38. The lowest BCUT2D eigenvalue weighted by Gasteiger charge is -2.26. The van der Waals surface area contributed by atoms with Crippen LogP contribution in [-0.2, 0) is 11.3 Å². The molecule has 0 radical (unpaired) electrons. The standard InChI is InChI=1S/C13H19BrN2O2/c14-12-1-2-13(11(9-12)10-15)18-8-5-16-3-6-17-7-4-16/h1-2,9H,3-8,10,15H2. The Kier molecular flexibility index (Phi) is 5.44. The van der Waals surface area contributed by atoms with Gasteiger partial charge in [-0.15, -0.1) is 0 Å². The smallest absolute Gasteiger partial charge is 0.123 e. The van der Waals surface area contributed by atoms with Gasteiger partial charge < -0.3 is 15.2 Å². The molecule has 0 spiro atoms. The van der Waals surface area contributed by atoms with E-state index in [1.807, 2.05) is 18.2 Å². The molecule has 0 aliphatic carbocycles. The molecule has 0 atom stereocenters. The van der Waals surface area contributed by atoms with E-state index in [9.17, 15) is 0 Å². The second-order valence-electron chi connectivity index (χ2n) is 4.26. The first-order valence-electron chi connectivity index (χ1n) is 6.21. The summed E-state index contributed by atoms with van der Waals surface area (Å²) in [6, 6.07) is 5.94. The number of rotatable bonds is 5. The molecule has 0 amide bonds. The van der Waals surface area contributed by atoms with E-state index < -0.39 is 0 Å². The van der Waals surface area contributed by atoms with Crippen LogP contribution in [0.2, 0.25) is 0 Å². The molecule has 1 aromatic rings. The summed E-state index contributed by atoms with van der Waals surface area (Å²) in [5, 5.41) is 0. The number of morpholine rings is 1. The van der Waals surface area contributed by atoms with Gasteiger partial charge in [0.25, 0.3) is 0 Å². The van der Waals surface area contributed by atoms with Gasteiger partial charge in [0, 0.05) is 36.2 Å². The number of ether oxygens (including phenoxy) is 2. The topological polar surface area (TPSA) is 47.7 Å². The first-order valence-corrected chi connectivity index (χ1v) is 7.00. The first-order chi connectivity index (χ1) is 8.79. The Bertz CT molecular complexity index is 381. The van der Waals surface area contributed by atoms with E-state index in [2.05, 4.69) is 20.8 Å². The molecule has 2 rings (SSSR count). The van der Waals surface area contributed by atoms with Crippen LogP contribution < -0.4 is 10.5 Å². The molecular weight excluding hydrogens is 296 g/mol. The van der Waals surface area contributed by atoms with Crippen LogP contribution in [0.15, 0.2) is 22.7 Å². The fraction of sp³-hybridized carbons (Fsp3) is 0.538. The predicted octanol–water partition coefficient (Wildman–Crippen LogP) is 1.62. The van der Waals surface area contributed by atoms with Crippen LogP contribution in [0.4, 0.5) is 0 Å². The summed E-state index contributed by atoms with van der Waals surface area (Å²) in [6.45, 7) is 5.75. The zero-order valence-corrected chi connectivity index (χ0v) is 12.0. The number of nitrogens with zero attached hydrogens (tertiary/aromatic N) is 1. The van der Waals surface area contributed by atoms with E-state index in [1.54, 1.807) is 0 Å². The number of benzene rings is 1. The van der Waals surface area contributed by atoms with Crippen LogP contribution in [0.5, 0.6) is 5.75 Å². The maximum absolute atomic E-state index is 5.80. The molecule has 1 heterocycles. The molecule has 1 fully saturated rings. The second-order valence-corrected chi connectivity index (χ2v) is 5.17. The Morgan fingerprint density at radius 1 is 1.33 bits per heavy atom. The van der Waals surface area contributed by atoms with Gasteiger partial charge in [0.1, 0.15) is 12.4 Å². The van der Waals surface area contributed by atoms with E-state index in [-0.39, 0.29) is 0 Å². The molecule has 18 heavy (non-hydrogen) atoms. The van der Waals surface area contributed by atoms with Crippen LogP contribution in [0.1, 0.15) is 5.56 Å². The normalized spacial score (nSPS) is 16.8. The quantitative estimate of drug-likeness (QED) is 0.897. The number of hydrogen-bond donors (Lipinski definition) is 1. The van der Waals surface area contributed by atoms with Gasteiger partial charge in [-0.1, -0.05) is 15.9 Å². The van der Waals surface area contributed by atoms with Crippen LogP contribution in [-0.4, -0.2) is 44.4 Å². The molecule has 5 heteroatoms. The van der Waals surface area contributed by atoms with E-state index in [1.165, 1.54) is 0 Å².